The first-order valence-corrected chi connectivity index (χ1v) is 8.22. The van der Waals surface area contributed by atoms with Crippen molar-refractivity contribution in [3.63, 3.8) is 0 Å². The van der Waals surface area contributed by atoms with Crippen LogP contribution in [-0.2, 0) is 0 Å². The van der Waals surface area contributed by atoms with Crippen molar-refractivity contribution >= 4 is 67.1 Å². The first-order chi connectivity index (χ1) is 9.88. The topological polar surface area (TPSA) is 43.8 Å². The Balaban J connectivity index is 2.37. The van der Waals surface area contributed by atoms with Crippen LogP contribution in [0.2, 0.25) is 5.02 Å². The van der Waals surface area contributed by atoms with Crippen LogP contribution >= 0.6 is 50.1 Å². The number of rotatable bonds is 1. The molecule has 108 valence electrons. The number of halogens is 4. The van der Waals surface area contributed by atoms with Crippen LogP contribution in [0.25, 0.3) is 16.7 Å². The van der Waals surface area contributed by atoms with Gasteiger partial charge in [0.15, 0.2) is 0 Å². The minimum Gasteiger partial charge on any atom is -0.369 e. The Morgan fingerprint density at radius 3 is 2.76 bits per heavy atom. The molecule has 1 heterocycles. The van der Waals surface area contributed by atoms with E-state index in [1.807, 2.05) is 35.6 Å². The lowest BCUT2D eigenvalue weighted by Crippen LogP contribution is -2.02. The van der Waals surface area contributed by atoms with Gasteiger partial charge in [-0.3, -0.25) is 4.57 Å². The minimum absolute atomic E-state index is 0.284. The number of imidazole rings is 1. The van der Waals surface area contributed by atoms with Crippen LogP contribution < -0.4 is 5.73 Å². The molecule has 0 radical (unpaired) electrons. The lowest BCUT2D eigenvalue weighted by molar-refractivity contribution is 0.622. The Hall–Kier alpha value is -0.860. The molecule has 0 amide bonds. The molecule has 0 aliphatic carbocycles. The number of anilines is 1. The van der Waals surface area contributed by atoms with Crippen LogP contribution in [0.4, 0.5) is 10.3 Å². The summed E-state index contributed by atoms with van der Waals surface area (Å²) < 4.78 is 16.9. The Kier molecular flexibility index (Phi) is 3.87. The van der Waals surface area contributed by atoms with E-state index in [1.165, 1.54) is 6.07 Å². The fraction of sp³-hybridized carbons (Fsp3) is 0.0714. The number of benzene rings is 2. The van der Waals surface area contributed by atoms with E-state index in [0.717, 1.165) is 15.7 Å². The summed E-state index contributed by atoms with van der Waals surface area (Å²) in [5.41, 5.74) is 8.92. The Morgan fingerprint density at radius 2 is 2.05 bits per heavy atom. The van der Waals surface area contributed by atoms with Crippen molar-refractivity contribution in [3.8, 4) is 5.69 Å². The number of nitrogen functional groups attached to an aromatic ring is 1. The smallest absolute Gasteiger partial charge is 0.205 e. The molecular formula is C14H9BrClFIN3. The summed E-state index contributed by atoms with van der Waals surface area (Å²) in [5, 5.41) is 0.612. The highest BCUT2D eigenvalue weighted by Gasteiger charge is 2.16. The number of hydrogen-bond donors (Lipinski definition) is 1. The zero-order chi connectivity index (χ0) is 15.3. The average molecular weight is 481 g/mol. The van der Waals surface area contributed by atoms with Gasteiger partial charge in [-0.2, -0.15) is 0 Å². The standard InChI is InChI=1S/C14H9BrClFIN3/c1-6-2-7(15)12(3-8(6)16)21-13-4-9(17)10(18)5-11(13)20-14(21)19/h2-5H,1H3,(H2,19,20). The molecule has 0 aliphatic rings. The molecule has 2 aromatic carbocycles. The maximum absolute atomic E-state index is 13.9. The fourth-order valence-electron chi connectivity index (χ4n) is 2.15. The molecule has 3 nitrogen and oxygen atoms in total. The maximum Gasteiger partial charge on any atom is 0.205 e. The van der Waals surface area contributed by atoms with E-state index < -0.39 is 0 Å². The van der Waals surface area contributed by atoms with Crippen molar-refractivity contribution in [2.45, 2.75) is 6.92 Å². The van der Waals surface area contributed by atoms with Gasteiger partial charge in [-0.25, -0.2) is 9.37 Å². The monoisotopic (exact) mass is 479 g/mol. The molecule has 3 aromatic rings. The predicted octanol–water partition coefficient (Wildman–Crippen LogP) is 5.08. The van der Waals surface area contributed by atoms with E-state index in [-0.39, 0.29) is 11.8 Å². The number of nitrogens with two attached hydrogens (primary N) is 1. The molecule has 2 N–H and O–H groups in total. The highest BCUT2D eigenvalue weighted by Crippen LogP contribution is 2.33. The quantitative estimate of drug-likeness (QED) is 0.494. The van der Waals surface area contributed by atoms with Gasteiger partial charge in [-0.15, -0.1) is 0 Å². The molecule has 0 saturated heterocycles. The predicted molar refractivity (Wildman–Crippen MR) is 95.6 cm³/mol. The van der Waals surface area contributed by atoms with E-state index in [1.54, 1.807) is 16.7 Å². The lowest BCUT2D eigenvalue weighted by Gasteiger charge is -2.11. The second kappa shape index (κ2) is 5.40. The van der Waals surface area contributed by atoms with E-state index >= 15 is 0 Å². The van der Waals surface area contributed by atoms with Crippen molar-refractivity contribution in [3.05, 3.63) is 48.7 Å². The van der Waals surface area contributed by atoms with Crippen molar-refractivity contribution < 1.29 is 4.39 Å². The largest absolute Gasteiger partial charge is 0.369 e. The van der Waals surface area contributed by atoms with E-state index in [9.17, 15) is 4.39 Å². The van der Waals surface area contributed by atoms with E-state index in [4.69, 9.17) is 17.3 Å². The first-order valence-electron chi connectivity index (χ1n) is 5.97. The van der Waals surface area contributed by atoms with Gasteiger partial charge < -0.3 is 5.73 Å². The van der Waals surface area contributed by atoms with Crippen molar-refractivity contribution in [2.24, 2.45) is 0 Å². The molecule has 21 heavy (non-hydrogen) atoms. The number of hydrogen-bond acceptors (Lipinski definition) is 2. The van der Waals surface area contributed by atoms with Crippen molar-refractivity contribution in [1.29, 1.82) is 0 Å². The SMILES string of the molecule is Cc1cc(Br)c(-n2c(N)nc3cc(I)c(F)cc32)cc1Cl. The second-order valence-corrected chi connectivity index (χ2v) is 7.04. The van der Waals surface area contributed by atoms with Crippen LogP contribution in [0.1, 0.15) is 5.56 Å². The van der Waals surface area contributed by atoms with Crippen LogP contribution in [0.3, 0.4) is 0 Å². The summed E-state index contributed by atoms with van der Waals surface area (Å²) in [5.74, 6) is -0.0226. The van der Waals surface area contributed by atoms with E-state index in [2.05, 4.69) is 20.9 Å². The van der Waals surface area contributed by atoms with Crippen LogP contribution in [0.15, 0.2) is 28.7 Å². The molecule has 7 heteroatoms. The maximum atomic E-state index is 13.9. The molecule has 3 rings (SSSR count). The van der Waals surface area contributed by atoms with Gasteiger partial charge in [-0.1, -0.05) is 11.6 Å². The van der Waals surface area contributed by atoms with Gasteiger partial charge in [0.25, 0.3) is 0 Å². The van der Waals surface area contributed by atoms with Gasteiger partial charge in [0.05, 0.1) is 20.3 Å². The number of aromatic nitrogens is 2. The molecule has 0 spiro atoms. The summed E-state index contributed by atoms with van der Waals surface area (Å²) in [4.78, 5) is 4.29. The van der Waals surface area contributed by atoms with Crippen LogP contribution in [0, 0.1) is 16.3 Å². The second-order valence-electron chi connectivity index (χ2n) is 4.61. The molecule has 0 bridgehead atoms. The van der Waals surface area contributed by atoms with Gasteiger partial charge in [0.1, 0.15) is 5.82 Å². The Morgan fingerprint density at radius 1 is 1.33 bits per heavy atom. The molecule has 0 fully saturated rings. The van der Waals surface area contributed by atoms with Crippen molar-refractivity contribution in [1.82, 2.24) is 9.55 Å². The van der Waals surface area contributed by atoms with Crippen molar-refractivity contribution in [2.75, 3.05) is 5.73 Å². The summed E-state index contributed by atoms with van der Waals surface area (Å²) >= 11 is 11.6. The van der Waals surface area contributed by atoms with E-state index in [0.29, 0.717) is 19.6 Å². The summed E-state index contributed by atoms with van der Waals surface area (Å²) in [6.07, 6.45) is 0. The Bertz CT molecular complexity index is 879. The highest BCUT2D eigenvalue weighted by molar-refractivity contribution is 14.1. The molecule has 0 atom stereocenters. The third-order valence-electron chi connectivity index (χ3n) is 3.19. The third kappa shape index (κ3) is 2.53. The third-order valence-corrected chi connectivity index (χ3v) is 5.06. The number of fused-ring (bicyclic) bond motifs is 1. The van der Waals surface area contributed by atoms with Gasteiger partial charge in [0.2, 0.25) is 5.95 Å². The van der Waals surface area contributed by atoms with Crippen LogP contribution in [-0.4, -0.2) is 9.55 Å². The molecular weight excluding hydrogens is 471 g/mol. The molecule has 0 saturated carbocycles. The summed E-state index contributed by atoms with van der Waals surface area (Å²) in [6.45, 7) is 1.91. The summed E-state index contributed by atoms with van der Waals surface area (Å²) in [6, 6.07) is 6.78. The average Bonchev–Trinajstić information content (AvgIpc) is 2.70. The highest BCUT2D eigenvalue weighted by atomic mass is 127. The zero-order valence-corrected chi connectivity index (χ0v) is 15.3. The van der Waals surface area contributed by atoms with Gasteiger partial charge >= 0.3 is 0 Å². The normalized spacial score (nSPS) is 11.3. The molecule has 0 aliphatic heterocycles. The van der Waals surface area contributed by atoms with Crippen LogP contribution in [0.5, 0.6) is 0 Å². The summed E-state index contributed by atoms with van der Waals surface area (Å²) in [7, 11) is 0. The lowest BCUT2D eigenvalue weighted by atomic mass is 10.2. The number of nitrogens with zero attached hydrogens (tertiary/aromatic N) is 2. The Labute approximate surface area is 147 Å². The minimum atomic E-state index is -0.307. The fourth-order valence-corrected chi connectivity index (χ4v) is 3.40. The molecule has 0 unspecified atom stereocenters. The number of aryl methyl sites for hydroxylation is 1. The van der Waals surface area contributed by atoms with Gasteiger partial charge in [0, 0.05) is 15.6 Å². The first kappa shape index (κ1) is 15.1. The van der Waals surface area contributed by atoms with Gasteiger partial charge in [-0.05, 0) is 69.2 Å². The zero-order valence-electron chi connectivity index (χ0n) is 10.8. The molecule has 1 aromatic heterocycles.